The number of nitrogens with two attached hydrogens (primary N) is 1. The molecule has 2 atom stereocenters. The number of hydrogen-bond donors (Lipinski definition) is 2. The third-order valence-corrected chi connectivity index (χ3v) is 9.89. The minimum atomic E-state index is -4.30. The van der Waals surface area contributed by atoms with Gasteiger partial charge in [0.05, 0.1) is 19.8 Å². The minimum Gasteiger partial charge on any atom is -0.457 e. The summed E-state index contributed by atoms with van der Waals surface area (Å²) in [6.07, 6.45) is 53.6. The zero-order chi connectivity index (χ0) is 40.2. The standard InChI is InChI=1S/C46H82NO7P/c1-3-5-7-9-11-13-15-17-19-21-22-23-25-27-29-31-33-35-37-39-46(48)54-45(44-53-55(49,50)52-42-40-47)43-51-41-38-36-34-32-30-28-26-24-20-18-16-14-12-10-8-6-4-2/h5,7,11,13,17,19,22-23,27,29,33,35,45H,3-4,6,8-10,12,14-16,18,20-21,24-26,28,30-32,34,36-44,47H2,1-2H3,(H,49,50)/b7-5-,13-11-,19-17-,23-22-,29-27-,35-33-. The molecule has 0 aliphatic heterocycles. The lowest BCUT2D eigenvalue weighted by molar-refractivity contribution is -0.154. The number of rotatable bonds is 41. The Bertz CT molecular complexity index is 1070. The molecule has 0 amide bonds. The molecule has 0 aromatic carbocycles. The molecule has 0 rings (SSSR count). The molecular formula is C46H82NO7P. The second-order valence-corrected chi connectivity index (χ2v) is 15.6. The SMILES string of the molecule is CC/C=C\C/C=C\C/C=C\C/C=C\C/C=C\C/C=C\CCC(=O)OC(COCCCCCCCCCCCCCCCCCCC)COP(=O)(O)OCCN. The third kappa shape index (κ3) is 42.9. The van der Waals surface area contributed by atoms with Gasteiger partial charge in [0.1, 0.15) is 6.10 Å². The van der Waals surface area contributed by atoms with E-state index in [1.54, 1.807) is 0 Å². The molecule has 9 heteroatoms. The normalized spacial score (nSPS) is 14.2. The highest BCUT2D eigenvalue weighted by atomic mass is 31.2. The Labute approximate surface area is 337 Å². The van der Waals surface area contributed by atoms with Crippen molar-refractivity contribution in [1.29, 1.82) is 0 Å². The first kappa shape index (κ1) is 52.9. The fourth-order valence-corrected chi connectivity index (χ4v) is 6.49. The van der Waals surface area contributed by atoms with Crippen molar-refractivity contribution in [2.75, 3.05) is 33.0 Å². The van der Waals surface area contributed by atoms with E-state index in [4.69, 9.17) is 24.3 Å². The van der Waals surface area contributed by atoms with Crippen molar-refractivity contribution in [3.63, 3.8) is 0 Å². The molecule has 8 nitrogen and oxygen atoms in total. The van der Waals surface area contributed by atoms with Gasteiger partial charge in [0.25, 0.3) is 0 Å². The van der Waals surface area contributed by atoms with E-state index in [-0.39, 0.29) is 32.8 Å². The largest absolute Gasteiger partial charge is 0.472 e. The van der Waals surface area contributed by atoms with Gasteiger partial charge >= 0.3 is 13.8 Å². The van der Waals surface area contributed by atoms with Crippen LogP contribution in [-0.2, 0) is 27.9 Å². The molecule has 0 radical (unpaired) electrons. The fraction of sp³-hybridized carbons (Fsp3) is 0.717. The summed E-state index contributed by atoms with van der Waals surface area (Å²) < 4.78 is 33.4. The lowest BCUT2D eigenvalue weighted by Gasteiger charge is -2.20. The summed E-state index contributed by atoms with van der Waals surface area (Å²) in [6, 6.07) is 0. The monoisotopic (exact) mass is 792 g/mol. The summed E-state index contributed by atoms with van der Waals surface area (Å²) in [4.78, 5) is 22.4. The number of allylic oxidation sites excluding steroid dienone is 12. The maximum Gasteiger partial charge on any atom is 0.472 e. The number of carbonyl (C=O) groups is 1. The number of hydrogen-bond acceptors (Lipinski definition) is 7. The summed E-state index contributed by atoms with van der Waals surface area (Å²) in [7, 11) is -4.30. The van der Waals surface area contributed by atoms with E-state index >= 15 is 0 Å². The van der Waals surface area contributed by atoms with Crippen LogP contribution in [0.15, 0.2) is 72.9 Å². The summed E-state index contributed by atoms with van der Waals surface area (Å²) in [6.45, 7) is 4.71. The first-order valence-corrected chi connectivity index (χ1v) is 23.4. The van der Waals surface area contributed by atoms with Crippen LogP contribution in [0, 0.1) is 0 Å². The van der Waals surface area contributed by atoms with Crippen LogP contribution in [0.25, 0.3) is 0 Å². The van der Waals surface area contributed by atoms with Gasteiger partial charge in [0.2, 0.25) is 0 Å². The van der Waals surface area contributed by atoms with Gasteiger partial charge in [-0.1, -0.05) is 189 Å². The predicted octanol–water partition coefficient (Wildman–Crippen LogP) is 13.1. The molecule has 0 fully saturated rings. The second-order valence-electron chi connectivity index (χ2n) is 14.2. The van der Waals surface area contributed by atoms with Gasteiger partial charge in [-0.3, -0.25) is 13.8 Å². The first-order chi connectivity index (χ1) is 26.9. The van der Waals surface area contributed by atoms with Crippen LogP contribution in [0.3, 0.4) is 0 Å². The number of esters is 1. The Hall–Kier alpha value is -2.06. The second kappa shape index (κ2) is 43.1. The maximum atomic E-state index is 12.6. The molecule has 0 bridgehead atoms. The summed E-state index contributed by atoms with van der Waals surface area (Å²) >= 11 is 0. The molecule has 2 unspecified atom stereocenters. The van der Waals surface area contributed by atoms with E-state index in [1.807, 2.05) is 12.2 Å². The molecule has 55 heavy (non-hydrogen) atoms. The lowest BCUT2D eigenvalue weighted by atomic mass is 10.0. The van der Waals surface area contributed by atoms with Crippen LogP contribution in [-0.4, -0.2) is 49.9 Å². The lowest BCUT2D eigenvalue weighted by Crippen LogP contribution is -2.28. The van der Waals surface area contributed by atoms with Gasteiger partial charge < -0.3 is 20.1 Å². The van der Waals surface area contributed by atoms with Crippen LogP contribution in [0.5, 0.6) is 0 Å². The van der Waals surface area contributed by atoms with Crippen molar-refractivity contribution >= 4 is 13.8 Å². The molecule has 0 saturated heterocycles. The van der Waals surface area contributed by atoms with Gasteiger partial charge in [0.15, 0.2) is 0 Å². The summed E-state index contributed by atoms with van der Waals surface area (Å²) in [5.74, 6) is -0.412. The molecule has 318 valence electrons. The predicted molar refractivity (Wildman–Crippen MR) is 233 cm³/mol. The van der Waals surface area contributed by atoms with E-state index in [2.05, 4.69) is 74.6 Å². The Morgan fingerprint density at radius 2 is 0.982 bits per heavy atom. The first-order valence-electron chi connectivity index (χ1n) is 21.9. The maximum absolute atomic E-state index is 12.6. The number of carbonyl (C=O) groups excluding carboxylic acids is 1. The highest BCUT2D eigenvalue weighted by molar-refractivity contribution is 7.47. The van der Waals surface area contributed by atoms with Crippen LogP contribution in [0.4, 0.5) is 0 Å². The van der Waals surface area contributed by atoms with E-state index < -0.39 is 19.9 Å². The quantitative estimate of drug-likeness (QED) is 0.0272. The Morgan fingerprint density at radius 1 is 0.564 bits per heavy atom. The highest BCUT2D eigenvalue weighted by Gasteiger charge is 2.25. The molecule has 0 aliphatic carbocycles. The average Bonchev–Trinajstić information content (AvgIpc) is 3.17. The number of phosphoric ester groups is 1. The average molecular weight is 792 g/mol. The van der Waals surface area contributed by atoms with Crippen LogP contribution in [0.1, 0.15) is 174 Å². The Kier molecular flexibility index (Phi) is 41.5. The number of ether oxygens (including phenoxy) is 2. The highest BCUT2D eigenvalue weighted by Crippen LogP contribution is 2.43. The van der Waals surface area contributed by atoms with Crippen molar-refractivity contribution < 1.29 is 32.8 Å². The van der Waals surface area contributed by atoms with E-state index in [0.29, 0.717) is 13.0 Å². The number of phosphoric acid groups is 1. The summed E-state index contributed by atoms with van der Waals surface area (Å²) in [5.41, 5.74) is 5.36. The van der Waals surface area contributed by atoms with Crippen LogP contribution < -0.4 is 5.73 Å². The number of unbranched alkanes of at least 4 members (excludes halogenated alkanes) is 16. The minimum absolute atomic E-state index is 0.0847. The molecule has 0 aliphatic rings. The summed E-state index contributed by atoms with van der Waals surface area (Å²) in [5, 5.41) is 0. The van der Waals surface area contributed by atoms with E-state index in [1.165, 1.54) is 96.3 Å². The fourth-order valence-electron chi connectivity index (χ4n) is 5.73. The molecular weight excluding hydrogens is 709 g/mol. The third-order valence-electron chi connectivity index (χ3n) is 8.90. The zero-order valence-electron chi connectivity index (χ0n) is 35.1. The topological polar surface area (TPSA) is 117 Å². The molecule has 0 aromatic heterocycles. The van der Waals surface area contributed by atoms with Crippen molar-refractivity contribution in [2.24, 2.45) is 5.73 Å². The van der Waals surface area contributed by atoms with Gasteiger partial charge in [-0.2, -0.15) is 0 Å². The van der Waals surface area contributed by atoms with Gasteiger partial charge in [-0.05, 0) is 51.4 Å². The van der Waals surface area contributed by atoms with E-state index in [9.17, 15) is 14.3 Å². The molecule has 0 heterocycles. The van der Waals surface area contributed by atoms with Gasteiger partial charge in [-0.15, -0.1) is 0 Å². The zero-order valence-corrected chi connectivity index (χ0v) is 36.0. The van der Waals surface area contributed by atoms with Crippen molar-refractivity contribution in [2.45, 2.75) is 180 Å². The van der Waals surface area contributed by atoms with Crippen molar-refractivity contribution in [3.8, 4) is 0 Å². The van der Waals surface area contributed by atoms with Gasteiger partial charge in [-0.25, -0.2) is 4.57 Å². The molecule has 0 spiro atoms. The smallest absolute Gasteiger partial charge is 0.457 e. The van der Waals surface area contributed by atoms with Crippen molar-refractivity contribution in [1.82, 2.24) is 0 Å². The Balaban J connectivity index is 4.16. The Morgan fingerprint density at radius 3 is 1.42 bits per heavy atom. The molecule has 3 N–H and O–H groups in total. The molecule has 0 aromatic rings. The van der Waals surface area contributed by atoms with Crippen molar-refractivity contribution in [3.05, 3.63) is 72.9 Å². The molecule has 0 saturated carbocycles. The van der Waals surface area contributed by atoms with Crippen LogP contribution in [0.2, 0.25) is 0 Å². The van der Waals surface area contributed by atoms with Crippen LogP contribution >= 0.6 is 7.82 Å². The van der Waals surface area contributed by atoms with Gasteiger partial charge in [0, 0.05) is 19.6 Å². The van der Waals surface area contributed by atoms with E-state index in [0.717, 1.165) is 51.4 Å².